The standard InChI is InChI=1S/C15H12N2O3S/c1-9-4-3-5-10(2)14(9)16-15(18)12-8-11(17(19)20)6-7-13(12)21-16/h3-8H,1-2H3. The summed E-state index contributed by atoms with van der Waals surface area (Å²) >= 11 is 1.31. The Labute approximate surface area is 124 Å². The summed E-state index contributed by atoms with van der Waals surface area (Å²) in [5.74, 6) is 0. The highest BCUT2D eigenvalue weighted by atomic mass is 32.1. The first-order valence-electron chi connectivity index (χ1n) is 6.36. The summed E-state index contributed by atoms with van der Waals surface area (Å²) in [4.78, 5) is 22.9. The molecule has 0 saturated heterocycles. The highest BCUT2D eigenvalue weighted by Gasteiger charge is 2.15. The van der Waals surface area contributed by atoms with Gasteiger partial charge in [-0.25, -0.2) is 3.96 Å². The summed E-state index contributed by atoms with van der Waals surface area (Å²) in [6.07, 6.45) is 0. The number of para-hydroxylation sites is 1. The first-order valence-corrected chi connectivity index (χ1v) is 7.13. The largest absolute Gasteiger partial charge is 0.273 e. The van der Waals surface area contributed by atoms with Crippen LogP contribution in [0, 0.1) is 24.0 Å². The maximum atomic E-state index is 12.6. The van der Waals surface area contributed by atoms with Gasteiger partial charge in [-0.2, -0.15) is 0 Å². The number of rotatable bonds is 2. The van der Waals surface area contributed by atoms with Crippen molar-refractivity contribution in [3.63, 3.8) is 0 Å². The minimum absolute atomic E-state index is 0.0638. The maximum absolute atomic E-state index is 12.6. The molecule has 0 saturated carbocycles. The summed E-state index contributed by atoms with van der Waals surface area (Å²) in [5.41, 5.74) is 2.57. The molecule has 0 spiro atoms. The third-order valence-corrected chi connectivity index (χ3v) is 4.50. The second kappa shape index (κ2) is 4.82. The van der Waals surface area contributed by atoms with Gasteiger partial charge in [0.15, 0.2) is 0 Å². The number of hydrogen-bond acceptors (Lipinski definition) is 4. The van der Waals surface area contributed by atoms with Crippen molar-refractivity contribution in [2.24, 2.45) is 0 Å². The molecule has 1 aromatic heterocycles. The smallest absolute Gasteiger partial charge is 0.267 e. The highest BCUT2D eigenvalue weighted by molar-refractivity contribution is 7.14. The van der Waals surface area contributed by atoms with Gasteiger partial charge in [-0.15, -0.1) is 0 Å². The number of nitrogens with zero attached hydrogens (tertiary/aromatic N) is 2. The van der Waals surface area contributed by atoms with Crippen molar-refractivity contribution in [2.45, 2.75) is 13.8 Å². The summed E-state index contributed by atoms with van der Waals surface area (Å²) < 4.78 is 2.35. The van der Waals surface area contributed by atoms with E-state index in [2.05, 4.69) is 0 Å². The van der Waals surface area contributed by atoms with E-state index in [9.17, 15) is 14.9 Å². The normalized spacial score (nSPS) is 11.0. The molecule has 1 heterocycles. The zero-order valence-corrected chi connectivity index (χ0v) is 12.3. The Morgan fingerprint density at radius 3 is 2.43 bits per heavy atom. The van der Waals surface area contributed by atoms with Crippen molar-refractivity contribution in [1.82, 2.24) is 3.96 Å². The molecule has 106 valence electrons. The van der Waals surface area contributed by atoms with Gasteiger partial charge in [0.2, 0.25) is 0 Å². The van der Waals surface area contributed by atoms with Crippen LogP contribution in [0.4, 0.5) is 5.69 Å². The Morgan fingerprint density at radius 1 is 1.14 bits per heavy atom. The average molecular weight is 300 g/mol. The van der Waals surface area contributed by atoms with E-state index >= 15 is 0 Å². The zero-order chi connectivity index (χ0) is 15.1. The van der Waals surface area contributed by atoms with Gasteiger partial charge in [0.1, 0.15) is 0 Å². The molecule has 6 heteroatoms. The van der Waals surface area contributed by atoms with Crippen molar-refractivity contribution in [1.29, 1.82) is 0 Å². The van der Waals surface area contributed by atoms with Crippen LogP contribution in [0.15, 0.2) is 41.2 Å². The number of nitro groups is 1. The van der Waals surface area contributed by atoms with E-state index in [1.54, 1.807) is 10.0 Å². The van der Waals surface area contributed by atoms with Crippen LogP contribution >= 0.6 is 11.5 Å². The molecule has 3 rings (SSSR count). The summed E-state index contributed by atoms with van der Waals surface area (Å²) in [7, 11) is 0. The second-order valence-electron chi connectivity index (χ2n) is 4.87. The van der Waals surface area contributed by atoms with Crippen LogP contribution in [-0.2, 0) is 0 Å². The quantitative estimate of drug-likeness (QED) is 0.536. The van der Waals surface area contributed by atoms with Crippen LogP contribution in [0.3, 0.4) is 0 Å². The first-order chi connectivity index (χ1) is 9.99. The van der Waals surface area contributed by atoms with Crippen molar-refractivity contribution >= 4 is 27.3 Å². The van der Waals surface area contributed by atoms with E-state index in [4.69, 9.17) is 0 Å². The Bertz CT molecular complexity index is 904. The lowest BCUT2D eigenvalue weighted by Crippen LogP contribution is -2.13. The fourth-order valence-electron chi connectivity index (χ4n) is 2.40. The lowest BCUT2D eigenvalue weighted by molar-refractivity contribution is -0.384. The number of non-ortho nitro benzene ring substituents is 1. The van der Waals surface area contributed by atoms with Gasteiger partial charge < -0.3 is 0 Å². The molecule has 0 radical (unpaired) electrons. The lowest BCUT2D eigenvalue weighted by atomic mass is 10.1. The predicted molar refractivity (Wildman–Crippen MR) is 83.6 cm³/mol. The third-order valence-electron chi connectivity index (χ3n) is 3.42. The minimum atomic E-state index is -0.486. The monoisotopic (exact) mass is 300 g/mol. The summed E-state index contributed by atoms with van der Waals surface area (Å²) in [5, 5.41) is 11.2. The van der Waals surface area contributed by atoms with Gasteiger partial charge >= 0.3 is 0 Å². The zero-order valence-electron chi connectivity index (χ0n) is 11.5. The molecule has 0 atom stereocenters. The lowest BCUT2D eigenvalue weighted by Gasteiger charge is -2.08. The molecule has 0 aliphatic carbocycles. The fourth-order valence-corrected chi connectivity index (χ4v) is 3.53. The van der Waals surface area contributed by atoms with E-state index in [0.29, 0.717) is 5.39 Å². The highest BCUT2D eigenvalue weighted by Crippen LogP contribution is 2.26. The van der Waals surface area contributed by atoms with Crippen molar-refractivity contribution in [3.8, 4) is 5.69 Å². The molecule has 3 aromatic rings. The predicted octanol–water partition coefficient (Wildman–Crippen LogP) is 3.58. The number of fused-ring (bicyclic) bond motifs is 1. The molecule has 0 N–H and O–H groups in total. The van der Waals surface area contributed by atoms with Gasteiger partial charge in [0.25, 0.3) is 11.2 Å². The Hall–Kier alpha value is -2.47. The Morgan fingerprint density at radius 2 is 1.81 bits per heavy atom. The maximum Gasteiger partial charge on any atom is 0.273 e. The molecule has 5 nitrogen and oxygen atoms in total. The van der Waals surface area contributed by atoms with Gasteiger partial charge in [-0.05, 0) is 31.0 Å². The number of hydrogen-bond donors (Lipinski definition) is 0. The summed E-state index contributed by atoms with van der Waals surface area (Å²) in [6.45, 7) is 3.89. The molecular formula is C15H12N2O3S. The second-order valence-corrected chi connectivity index (χ2v) is 5.86. The van der Waals surface area contributed by atoms with E-state index in [-0.39, 0.29) is 11.2 Å². The Kier molecular flexibility index (Phi) is 3.10. The third kappa shape index (κ3) is 2.13. The SMILES string of the molecule is Cc1cccc(C)c1-n1sc2ccc([N+](=O)[O-])cc2c1=O. The van der Waals surface area contributed by atoms with Crippen LogP contribution in [0.25, 0.3) is 15.8 Å². The van der Waals surface area contributed by atoms with Crippen molar-refractivity contribution in [3.05, 3.63) is 68.0 Å². The fraction of sp³-hybridized carbons (Fsp3) is 0.133. The van der Waals surface area contributed by atoms with Gasteiger partial charge in [-0.1, -0.05) is 29.7 Å². The van der Waals surface area contributed by atoms with E-state index in [0.717, 1.165) is 21.5 Å². The summed E-state index contributed by atoms with van der Waals surface area (Å²) in [6, 6.07) is 10.2. The molecule has 0 aliphatic heterocycles. The van der Waals surface area contributed by atoms with E-state index < -0.39 is 4.92 Å². The van der Waals surface area contributed by atoms with Crippen LogP contribution in [-0.4, -0.2) is 8.88 Å². The van der Waals surface area contributed by atoms with Gasteiger partial charge in [0, 0.05) is 12.1 Å². The average Bonchev–Trinajstić information content (AvgIpc) is 2.75. The molecular weight excluding hydrogens is 288 g/mol. The van der Waals surface area contributed by atoms with Gasteiger partial charge in [-0.3, -0.25) is 14.9 Å². The first kappa shape index (κ1) is 13.5. The van der Waals surface area contributed by atoms with Crippen molar-refractivity contribution in [2.75, 3.05) is 0 Å². The molecule has 0 aliphatic rings. The molecule has 0 amide bonds. The molecule has 0 fully saturated rings. The molecule has 0 unspecified atom stereocenters. The van der Waals surface area contributed by atoms with Gasteiger partial charge in [0.05, 0.1) is 20.7 Å². The number of aromatic nitrogens is 1. The van der Waals surface area contributed by atoms with E-state index in [1.807, 2.05) is 32.0 Å². The van der Waals surface area contributed by atoms with Crippen LogP contribution in [0.1, 0.15) is 11.1 Å². The van der Waals surface area contributed by atoms with Crippen LogP contribution < -0.4 is 5.56 Å². The number of benzene rings is 2. The molecule has 0 bridgehead atoms. The topological polar surface area (TPSA) is 65.1 Å². The van der Waals surface area contributed by atoms with Crippen LogP contribution in [0.2, 0.25) is 0 Å². The minimum Gasteiger partial charge on any atom is -0.267 e. The van der Waals surface area contributed by atoms with Crippen molar-refractivity contribution < 1.29 is 4.92 Å². The number of nitro benzene ring substituents is 1. The molecule has 21 heavy (non-hydrogen) atoms. The Balaban J connectivity index is 2.33. The molecule has 2 aromatic carbocycles. The van der Waals surface area contributed by atoms with E-state index in [1.165, 1.54) is 23.7 Å². The number of aryl methyl sites for hydroxylation is 2. The van der Waals surface area contributed by atoms with Crippen LogP contribution in [0.5, 0.6) is 0 Å².